The number of rotatable bonds is 4. The summed E-state index contributed by atoms with van der Waals surface area (Å²) in [5.41, 5.74) is 2.50. The molecule has 1 saturated heterocycles. The number of nitrogens with zero attached hydrogens (tertiary/aromatic N) is 2. The summed E-state index contributed by atoms with van der Waals surface area (Å²) in [6.45, 7) is 5.72. The minimum absolute atomic E-state index is 0. The summed E-state index contributed by atoms with van der Waals surface area (Å²) in [4.78, 5) is 13.2. The smallest absolute Gasteiger partial charge is 0.228 e. The molecule has 2 fully saturated rings. The van der Waals surface area contributed by atoms with Gasteiger partial charge in [-0.3, -0.25) is 4.79 Å². The fourth-order valence-corrected chi connectivity index (χ4v) is 4.80. The fourth-order valence-electron chi connectivity index (χ4n) is 4.80. The molecule has 2 N–H and O–H groups in total. The summed E-state index contributed by atoms with van der Waals surface area (Å²) in [7, 11) is 0. The lowest BCUT2D eigenvalue weighted by Crippen LogP contribution is -2.48. The molecule has 1 saturated carbocycles. The molecule has 2 heterocycles. The van der Waals surface area contributed by atoms with Crippen molar-refractivity contribution in [1.82, 2.24) is 20.4 Å². The molecule has 2 aromatic rings. The van der Waals surface area contributed by atoms with Gasteiger partial charge in [0, 0.05) is 17.8 Å². The van der Waals surface area contributed by atoms with E-state index in [1.165, 1.54) is 18.6 Å². The van der Waals surface area contributed by atoms with E-state index in [4.69, 9.17) is 0 Å². The van der Waals surface area contributed by atoms with Gasteiger partial charge in [0.25, 0.3) is 0 Å². The van der Waals surface area contributed by atoms with E-state index in [-0.39, 0.29) is 35.6 Å². The highest BCUT2D eigenvalue weighted by atomic mass is 35.5. The first-order valence-electron chi connectivity index (χ1n) is 9.83. The molecule has 1 aliphatic carbocycles. The number of aromatic nitrogens is 2. The van der Waals surface area contributed by atoms with Crippen LogP contribution in [-0.2, 0) is 4.79 Å². The van der Waals surface area contributed by atoms with E-state index in [1.54, 1.807) is 23.0 Å². The van der Waals surface area contributed by atoms with Crippen LogP contribution in [0.15, 0.2) is 30.5 Å². The van der Waals surface area contributed by atoms with Gasteiger partial charge in [-0.1, -0.05) is 12.8 Å². The number of nitrogens with one attached hydrogen (secondary N) is 2. The van der Waals surface area contributed by atoms with Crippen molar-refractivity contribution in [2.24, 2.45) is 11.3 Å². The minimum Gasteiger partial charge on any atom is -0.349 e. The molecule has 1 amide bonds. The van der Waals surface area contributed by atoms with Crippen molar-refractivity contribution in [2.75, 3.05) is 13.1 Å². The number of carbonyl (C=O) groups excluding carboxylic acids is 1. The highest BCUT2D eigenvalue weighted by Gasteiger charge is 2.50. The molecule has 0 radical (unpaired) electrons. The summed E-state index contributed by atoms with van der Waals surface area (Å²) >= 11 is 0. The van der Waals surface area contributed by atoms with Gasteiger partial charge in [0.2, 0.25) is 5.91 Å². The largest absolute Gasteiger partial charge is 0.349 e. The third kappa shape index (κ3) is 3.55. The molecule has 0 spiro atoms. The van der Waals surface area contributed by atoms with Crippen LogP contribution >= 0.6 is 12.4 Å². The average molecular weight is 407 g/mol. The summed E-state index contributed by atoms with van der Waals surface area (Å²) < 4.78 is 15.0. The summed E-state index contributed by atoms with van der Waals surface area (Å²) in [6.07, 6.45) is 6.25. The van der Waals surface area contributed by atoms with Crippen molar-refractivity contribution < 1.29 is 9.18 Å². The summed E-state index contributed by atoms with van der Waals surface area (Å²) in [6, 6.07) is 6.15. The molecule has 1 unspecified atom stereocenters. The van der Waals surface area contributed by atoms with Crippen molar-refractivity contribution in [3.05, 3.63) is 47.5 Å². The molecule has 7 heteroatoms. The summed E-state index contributed by atoms with van der Waals surface area (Å²) in [5, 5.41) is 11.1. The van der Waals surface area contributed by atoms with E-state index in [9.17, 15) is 9.18 Å². The normalized spacial score (nSPS) is 24.9. The van der Waals surface area contributed by atoms with Gasteiger partial charge in [0.05, 0.1) is 23.3 Å². The Morgan fingerprint density at radius 2 is 2.11 bits per heavy atom. The fraction of sp³-hybridized carbons (Fsp3) is 0.524. The van der Waals surface area contributed by atoms with Crippen LogP contribution in [0.2, 0.25) is 0 Å². The molecule has 0 bridgehead atoms. The Balaban J connectivity index is 0.00000225. The van der Waals surface area contributed by atoms with Crippen LogP contribution in [0.5, 0.6) is 0 Å². The van der Waals surface area contributed by atoms with Gasteiger partial charge in [-0.25, -0.2) is 9.07 Å². The van der Waals surface area contributed by atoms with Crippen LogP contribution in [0.4, 0.5) is 4.39 Å². The van der Waals surface area contributed by atoms with E-state index in [1.807, 2.05) is 13.8 Å². The maximum Gasteiger partial charge on any atom is 0.228 e. The van der Waals surface area contributed by atoms with Crippen molar-refractivity contribution in [3.8, 4) is 5.69 Å². The number of benzene rings is 1. The first-order valence-corrected chi connectivity index (χ1v) is 9.83. The first-order chi connectivity index (χ1) is 13.0. The lowest BCUT2D eigenvalue weighted by molar-refractivity contribution is -0.134. The van der Waals surface area contributed by atoms with Crippen molar-refractivity contribution >= 4 is 18.3 Å². The standard InChI is InChI=1S/C21H27FN4O.ClH/c1-14(25-20(27)21-10-4-3-5-16(21)11-23-13-21)19-12-24-26(15(19)2)18-8-6-17(22)7-9-18;/h6-9,12,14,16,23H,3-5,10-11,13H2,1-2H3,(H,25,27);1H/t14?,16-,21+;/m0./s1. The Bertz CT molecular complexity index is 837. The zero-order valence-corrected chi connectivity index (χ0v) is 17.2. The van der Waals surface area contributed by atoms with E-state index in [2.05, 4.69) is 15.7 Å². The molecule has 1 aromatic carbocycles. The van der Waals surface area contributed by atoms with Crippen LogP contribution in [0.1, 0.15) is 49.9 Å². The van der Waals surface area contributed by atoms with Gasteiger partial charge in [-0.05, 0) is 63.4 Å². The first kappa shape index (κ1) is 20.8. The average Bonchev–Trinajstić information content (AvgIpc) is 3.27. The predicted octanol–water partition coefficient (Wildman–Crippen LogP) is 3.70. The number of hydrogen-bond acceptors (Lipinski definition) is 3. The third-order valence-corrected chi connectivity index (χ3v) is 6.42. The van der Waals surface area contributed by atoms with Gasteiger partial charge in [0.15, 0.2) is 0 Å². The SMILES string of the molecule is Cc1c(C(C)NC(=O)[C@@]23CCCC[C@H]2CNC3)cnn1-c1ccc(F)cc1.Cl. The van der Waals surface area contributed by atoms with E-state index < -0.39 is 0 Å². The second-order valence-electron chi connectivity index (χ2n) is 8.00. The number of amides is 1. The predicted molar refractivity (Wildman–Crippen MR) is 109 cm³/mol. The van der Waals surface area contributed by atoms with E-state index in [0.717, 1.165) is 49.3 Å². The molecular weight excluding hydrogens is 379 g/mol. The molecule has 1 aromatic heterocycles. The van der Waals surface area contributed by atoms with E-state index >= 15 is 0 Å². The number of fused-ring (bicyclic) bond motifs is 1. The monoisotopic (exact) mass is 406 g/mol. The van der Waals surface area contributed by atoms with Gasteiger partial charge in [-0.2, -0.15) is 5.10 Å². The van der Waals surface area contributed by atoms with Gasteiger partial charge < -0.3 is 10.6 Å². The van der Waals surface area contributed by atoms with Gasteiger partial charge in [-0.15, -0.1) is 12.4 Å². The molecule has 5 nitrogen and oxygen atoms in total. The molecule has 4 rings (SSSR count). The highest BCUT2D eigenvalue weighted by Crippen LogP contribution is 2.44. The van der Waals surface area contributed by atoms with Gasteiger partial charge >= 0.3 is 0 Å². The Morgan fingerprint density at radius 3 is 2.86 bits per heavy atom. The Morgan fingerprint density at radius 1 is 1.36 bits per heavy atom. The molecular formula is C21H28ClFN4O. The summed E-state index contributed by atoms with van der Waals surface area (Å²) in [5.74, 6) is 0.344. The third-order valence-electron chi connectivity index (χ3n) is 6.42. The zero-order valence-electron chi connectivity index (χ0n) is 16.4. The highest BCUT2D eigenvalue weighted by molar-refractivity contribution is 5.85. The maximum atomic E-state index is 13.2. The second kappa shape index (κ2) is 8.21. The topological polar surface area (TPSA) is 59.0 Å². The van der Waals surface area contributed by atoms with E-state index in [0.29, 0.717) is 5.92 Å². The Kier molecular flexibility index (Phi) is 6.10. The van der Waals surface area contributed by atoms with Gasteiger partial charge in [0.1, 0.15) is 5.82 Å². The van der Waals surface area contributed by atoms with Crippen LogP contribution in [0.25, 0.3) is 5.69 Å². The van der Waals surface area contributed by atoms with Crippen LogP contribution < -0.4 is 10.6 Å². The maximum absolute atomic E-state index is 13.2. The van der Waals surface area contributed by atoms with Crippen molar-refractivity contribution in [2.45, 2.75) is 45.6 Å². The quantitative estimate of drug-likeness (QED) is 0.813. The minimum atomic E-state index is -0.268. The number of halogens is 2. The van der Waals surface area contributed by atoms with Crippen molar-refractivity contribution in [1.29, 1.82) is 0 Å². The Hall–Kier alpha value is -1.92. The zero-order chi connectivity index (χ0) is 19.0. The molecule has 3 atom stereocenters. The lowest BCUT2D eigenvalue weighted by atomic mass is 9.67. The van der Waals surface area contributed by atoms with Crippen molar-refractivity contribution in [3.63, 3.8) is 0 Å². The van der Waals surface area contributed by atoms with Crippen LogP contribution in [-0.4, -0.2) is 28.8 Å². The Labute approximate surface area is 171 Å². The molecule has 1 aliphatic heterocycles. The lowest BCUT2D eigenvalue weighted by Gasteiger charge is -2.37. The van der Waals surface area contributed by atoms with Crippen LogP contribution in [0, 0.1) is 24.1 Å². The number of carbonyl (C=O) groups is 1. The molecule has 152 valence electrons. The molecule has 28 heavy (non-hydrogen) atoms. The second-order valence-corrected chi connectivity index (χ2v) is 8.00. The molecule has 2 aliphatic rings. The number of hydrogen-bond donors (Lipinski definition) is 2. The van der Waals surface area contributed by atoms with Crippen LogP contribution in [0.3, 0.4) is 0 Å².